The second-order valence-corrected chi connectivity index (χ2v) is 8.57. The van der Waals surface area contributed by atoms with E-state index in [1.165, 1.54) is 48.5 Å². The van der Waals surface area contributed by atoms with Crippen LogP contribution in [0.15, 0.2) is 48.5 Å². The van der Waals surface area contributed by atoms with E-state index in [0.29, 0.717) is 20.8 Å². The topological polar surface area (TPSA) is 110 Å². The summed E-state index contributed by atoms with van der Waals surface area (Å²) in [5.41, 5.74) is 13.5. The standard InChI is InChI=1S/C20H14F2N4O2S2/c21-9-1-5-11(6-2-9)25-18(27)16-14(23)13-15(24)17(30-20(13)29-16)19(28)26-12-7-3-10(22)4-8-12/h1-8H,23-24H2,(H,25,27)(H,26,28). The van der Waals surface area contributed by atoms with Crippen molar-refractivity contribution < 1.29 is 18.4 Å². The Kier molecular flexibility index (Phi) is 5.10. The SMILES string of the molecule is Nc1c(C(=O)Nc2ccc(F)cc2)sc2sc(C(=O)Nc3ccc(F)cc3)c(N)c12. The molecule has 2 heterocycles. The summed E-state index contributed by atoms with van der Waals surface area (Å²) in [4.78, 5) is 25.6. The van der Waals surface area contributed by atoms with Gasteiger partial charge < -0.3 is 22.1 Å². The fraction of sp³-hybridized carbons (Fsp3) is 0. The fourth-order valence-corrected chi connectivity index (χ4v) is 5.18. The zero-order chi connectivity index (χ0) is 21.4. The monoisotopic (exact) mass is 444 g/mol. The highest BCUT2D eigenvalue weighted by molar-refractivity contribution is 7.40. The normalized spacial score (nSPS) is 10.9. The first-order chi connectivity index (χ1) is 14.3. The maximum Gasteiger partial charge on any atom is 0.267 e. The number of hydrogen-bond acceptors (Lipinski definition) is 6. The van der Waals surface area contributed by atoms with Gasteiger partial charge in [0.25, 0.3) is 11.8 Å². The van der Waals surface area contributed by atoms with Crippen LogP contribution in [-0.2, 0) is 0 Å². The molecule has 10 heteroatoms. The molecule has 2 amide bonds. The van der Waals surface area contributed by atoms with Gasteiger partial charge in [-0.25, -0.2) is 8.78 Å². The molecule has 0 saturated heterocycles. The lowest BCUT2D eigenvalue weighted by Gasteiger charge is -2.06. The van der Waals surface area contributed by atoms with Gasteiger partial charge in [-0.05, 0) is 48.5 Å². The molecule has 0 saturated carbocycles. The second-order valence-electron chi connectivity index (χ2n) is 6.27. The molecule has 0 aliphatic heterocycles. The van der Waals surface area contributed by atoms with Crippen molar-refractivity contribution in [3.8, 4) is 0 Å². The lowest BCUT2D eigenvalue weighted by atomic mass is 10.2. The largest absolute Gasteiger partial charge is 0.397 e. The summed E-state index contributed by atoms with van der Waals surface area (Å²) in [7, 11) is 0. The number of fused-ring (bicyclic) bond motifs is 1. The minimum Gasteiger partial charge on any atom is -0.397 e. The molecule has 2 aromatic carbocycles. The number of benzene rings is 2. The van der Waals surface area contributed by atoms with E-state index in [2.05, 4.69) is 10.6 Å². The van der Waals surface area contributed by atoms with E-state index in [0.717, 1.165) is 22.7 Å². The number of carbonyl (C=O) groups excluding carboxylic acids is 2. The number of halogens is 2. The lowest BCUT2D eigenvalue weighted by molar-refractivity contribution is 0.102. The molecular weight excluding hydrogens is 430 g/mol. The summed E-state index contributed by atoms with van der Waals surface area (Å²) in [6, 6.07) is 10.7. The predicted octanol–water partition coefficient (Wildman–Crippen LogP) is 4.91. The van der Waals surface area contributed by atoms with Crippen molar-refractivity contribution in [3.05, 3.63) is 69.9 Å². The highest BCUT2D eigenvalue weighted by Gasteiger charge is 2.25. The maximum absolute atomic E-state index is 13.0. The van der Waals surface area contributed by atoms with Crippen molar-refractivity contribution in [2.75, 3.05) is 22.1 Å². The smallest absolute Gasteiger partial charge is 0.267 e. The molecule has 4 aromatic rings. The summed E-state index contributed by atoms with van der Waals surface area (Å²) < 4.78 is 26.7. The average molecular weight is 444 g/mol. The Morgan fingerprint density at radius 3 is 1.40 bits per heavy atom. The van der Waals surface area contributed by atoms with Gasteiger partial charge in [-0.15, -0.1) is 22.7 Å². The summed E-state index contributed by atoms with van der Waals surface area (Å²) >= 11 is 2.23. The molecule has 4 rings (SSSR count). The number of nitrogens with two attached hydrogens (primary N) is 2. The van der Waals surface area contributed by atoms with Crippen LogP contribution in [0.4, 0.5) is 31.5 Å². The third-order valence-corrected chi connectivity index (χ3v) is 6.74. The van der Waals surface area contributed by atoms with Crippen LogP contribution >= 0.6 is 22.7 Å². The van der Waals surface area contributed by atoms with E-state index in [9.17, 15) is 18.4 Å². The van der Waals surface area contributed by atoms with Gasteiger partial charge in [-0.2, -0.15) is 0 Å². The quantitative estimate of drug-likeness (QED) is 0.358. The molecule has 0 aliphatic carbocycles. The number of rotatable bonds is 4. The molecule has 6 N–H and O–H groups in total. The fourth-order valence-electron chi connectivity index (χ4n) is 2.79. The zero-order valence-corrected chi connectivity index (χ0v) is 16.8. The van der Waals surface area contributed by atoms with Crippen LogP contribution in [0, 0.1) is 11.6 Å². The van der Waals surface area contributed by atoms with Crippen LogP contribution in [-0.4, -0.2) is 11.8 Å². The van der Waals surface area contributed by atoms with Gasteiger partial charge in [-0.3, -0.25) is 9.59 Å². The van der Waals surface area contributed by atoms with E-state index < -0.39 is 23.4 Å². The molecular formula is C20H14F2N4O2S2. The third-order valence-electron chi connectivity index (χ3n) is 4.24. The molecule has 0 spiro atoms. The van der Waals surface area contributed by atoms with Crippen molar-refractivity contribution in [1.82, 2.24) is 0 Å². The molecule has 0 atom stereocenters. The molecule has 0 radical (unpaired) electrons. The Morgan fingerprint density at radius 2 is 1.07 bits per heavy atom. The summed E-state index contributed by atoms with van der Waals surface area (Å²) in [5, 5.41) is 5.74. The first-order valence-electron chi connectivity index (χ1n) is 8.57. The van der Waals surface area contributed by atoms with Crippen molar-refractivity contribution in [1.29, 1.82) is 0 Å². The van der Waals surface area contributed by atoms with E-state index >= 15 is 0 Å². The van der Waals surface area contributed by atoms with Crippen molar-refractivity contribution in [2.45, 2.75) is 0 Å². The summed E-state index contributed by atoms with van der Waals surface area (Å²) in [6.45, 7) is 0. The van der Waals surface area contributed by atoms with Gasteiger partial charge in [0, 0.05) is 11.4 Å². The Balaban J connectivity index is 1.59. The second kappa shape index (κ2) is 7.73. The number of amides is 2. The first-order valence-corrected chi connectivity index (χ1v) is 10.2. The minimum atomic E-state index is -0.454. The van der Waals surface area contributed by atoms with Gasteiger partial charge in [0.2, 0.25) is 0 Å². The zero-order valence-electron chi connectivity index (χ0n) is 15.2. The molecule has 152 valence electrons. The number of thiophene rings is 2. The highest BCUT2D eigenvalue weighted by atomic mass is 32.2. The van der Waals surface area contributed by atoms with Crippen LogP contribution < -0.4 is 22.1 Å². The van der Waals surface area contributed by atoms with Crippen LogP contribution in [0.3, 0.4) is 0 Å². The predicted molar refractivity (Wildman–Crippen MR) is 117 cm³/mol. The molecule has 0 aliphatic rings. The van der Waals surface area contributed by atoms with Crippen LogP contribution in [0.2, 0.25) is 0 Å². The van der Waals surface area contributed by atoms with Gasteiger partial charge in [0.15, 0.2) is 0 Å². The molecule has 0 fully saturated rings. The van der Waals surface area contributed by atoms with Gasteiger partial charge >= 0.3 is 0 Å². The van der Waals surface area contributed by atoms with Crippen molar-refractivity contribution in [3.63, 3.8) is 0 Å². The van der Waals surface area contributed by atoms with Crippen molar-refractivity contribution in [2.24, 2.45) is 0 Å². The Labute approximate surface area is 177 Å². The third kappa shape index (κ3) is 3.70. The Bertz CT molecular complexity index is 1170. The van der Waals surface area contributed by atoms with Crippen LogP contribution in [0.5, 0.6) is 0 Å². The van der Waals surface area contributed by atoms with E-state index in [-0.39, 0.29) is 21.1 Å². The van der Waals surface area contributed by atoms with E-state index in [4.69, 9.17) is 11.5 Å². The number of nitrogen functional groups attached to an aromatic ring is 2. The highest BCUT2D eigenvalue weighted by Crippen LogP contribution is 2.45. The number of hydrogen-bond donors (Lipinski definition) is 4. The van der Waals surface area contributed by atoms with Gasteiger partial charge in [0.1, 0.15) is 21.4 Å². The Morgan fingerprint density at radius 1 is 0.700 bits per heavy atom. The lowest BCUT2D eigenvalue weighted by Crippen LogP contribution is -2.13. The van der Waals surface area contributed by atoms with Gasteiger partial charge in [0.05, 0.1) is 20.8 Å². The molecule has 0 bridgehead atoms. The number of anilines is 4. The average Bonchev–Trinajstić information content (AvgIpc) is 3.22. The van der Waals surface area contributed by atoms with Crippen LogP contribution in [0.1, 0.15) is 19.3 Å². The molecule has 2 aromatic heterocycles. The summed E-state index contributed by atoms with van der Waals surface area (Å²) in [5.74, 6) is -1.74. The number of nitrogens with one attached hydrogen (secondary N) is 2. The summed E-state index contributed by atoms with van der Waals surface area (Å²) in [6.07, 6.45) is 0. The van der Waals surface area contributed by atoms with Crippen molar-refractivity contribution >= 4 is 66.6 Å². The first kappa shape index (κ1) is 19.8. The maximum atomic E-state index is 13.0. The molecule has 6 nitrogen and oxygen atoms in total. The Hall–Kier alpha value is -3.50. The molecule has 0 unspecified atom stereocenters. The number of carbonyl (C=O) groups is 2. The van der Waals surface area contributed by atoms with E-state index in [1.807, 2.05) is 0 Å². The molecule has 30 heavy (non-hydrogen) atoms. The minimum absolute atomic E-state index is 0.171. The van der Waals surface area contributed by atoms with E-state index in [1.54, 1.807) is 0 Å². The van der Waals surface area contributed by atoms with Gasteiger partial charge in [-0.1, -0.05) is 0 Å². The van der Waals surface area contributed by atoms with Crippen LogP contribution in [0.25, 0.3) is 9.40 Å².